The van der Waals surface area contributed by atoms with Crippen molar-refractivity contribution in [1.82, 2.24) is 10.2 Å². The predicted molar refractivity (Wildman–Crippen MR) is 119 cm³/mol. The Balaban J connectivity index is 2.34. The molecule has 0 saturated heterocycles. The maximum atomic E-state index is 13.3. The maximum absolute atomic E-state index is 13.3. The van der Waals surface area contributed by atoms with Crippen LogP contribution in [0.3, 0.4) is 0 Å². The second-order valence-electron chi connectivity index (χ2n) is 7.47. The van der Waals surface area contributed by atoms with Gasteiger partial charge in [-0.25, -0.2) is 0 Å². The number of benzene rings is 2. The number of carbonyl (C=O) groups excluding carboxylic acids is 2. The van der Waals surface area contributed by atoms with E-state index in [2.05, 4.69) is 5.32 Å². The molecule has 29 heavy (non-hydrogen) atoms. The summed E-state index contributed by atoms with van der Waals surface area (Å²) in [6.07, 6.45) is 0.544. The van der Waals surface area contributed by atoms with Crippen molar-refractivity contribution in [3.05, 3.63) is 69.2 Å². The summed E-state index contributed by atoms with van der Waals surface area (Å²) >= 11 is 12.5. The predicted octanol–water partition coefficient (Wildman–Crippen LogP) is 5.18. The lowest BCUT2D eigenvalue weighted by Gasteiger charge is -2.31. The number of hydrogen-bond acceptors (Lipinski definition) is 2. The van der Waals surface area contributed by atoms with E-state index in [0.717, 1.165) is 11.1 Å². The minimum atomic E-state index is -0.576. The SMILES string of the molecule is CC[C@H](C(=O)NC(C)C)N(Cc1ccc(C)cc1)C(=O)Cc1c(Cl)cccc1Cl. The van der Waals surface area contributed by atoms with E-state index in [1.54, 1.807) is 23.1 Å². The highest BCUT2D eigenvalue weighted by atomic mass is 35.5. The van der Waals surface area contributed by atoms with Crippen LogP contribution in [-0.4, -0.2) is 28.8 Å². The van der Waals surface area contributed by atoms with Gasteiger partial charge in [0, 0.05) is 22.6 Å². The van der Waals surface area contributed by atoms with Crippen molar-refractivity contribution < 1.29 is 9.59 Å². The Labute approximate surface area is 183 Å². The van der Waals surface area contributed by atoms with E-state index in [9.17, 15) is 9.59 Å². The van der Waals surface area contributed by atoms with Crippen LogP contribution >= 0.6 is 23.2 Å². The normalized spacial score (nSPS) is 12.0. The van der Waals surface area contributed by atoms with Crippen molar-refractivity contribution >= 4 is 35.0 Å². The minimum absolute atomic E-state index is 0.00844. The van der Waals surface area contributed by atoms with Crippen molar-refractivity contribution in [3.63, 3.8) is 0 Å². The molecule has 6 heteroatoms. The average Bonchev–Trinajstić information content (AvgIpc) is 2.65. The van der Waals surface area contributed by atoms with Crippen LogP contribution in [0.2, 0.25) is 10.0 Å². The zero-order chi connectivity index (χ0) is 21.6. The van der Waals surface area contributed by atoms with Gasteiger partial charge in [-0.05, 0) is 50.5 Å². The molecule has 0 aliphatic heterocycles. The number of carbonyl (C=O) groups is 2. The van der Waals surface area contributed by atoms with Gasteiger partial charge in [0.05, 0.1) is 6.42 Å². The van der Waals surface area contributed by atoms with Crippen LogP contribution in [0.4, 0.5) is 0 Å². The Morgan fingerprint density at radius 1 is 1.03 bits per heavy atom. The third-order valence-electron chi connectivity index (χ3n) is 4.68. The highest BCUT2D eigenvalue weighted by Gasteiger charge is 2.29. The standard InChI is InChI=1S/C23H28Cl2N2O2/c1-5-21(23(29)26-15(2)3)27(14-17-11-9-16(4)10-12-17)22(28)13-18-19(24)7-6-8-20(18)25/h6-12,15,21H,5,13-14H2,1-4H3,(H,26,29)/t21-/m1/s1. The molecule has 0 heterocycles. The van der Waals surface area contributed by atoms with Crippen LogP contribution in [0, 0.1) is 6.92 Å². The molecule has 0 unspecified atom stereocenters. The molecule has 2 amide bonds. The van der Waals surface area contributed by atoms with Gasteiger partial charge < -0.3 is 10.2 Å². The van der Waals surface area contributed by atoms with E-state index in [4.69, 9.17) is 23.2 Å². The lowest BCUT2D eigenvalue weighted by atomic mass is 10.1. The Kier molecular flexibility index (Phi) is 8.54. The monoisotopic (exact) mass is 434 g/mol. The fraction of sp³-hybridized carbons (Fsp3) is 0.391. The summed E-state index contributed by atoms with van der Waals surface area (Å²) < 4.78 is 0. The number of nitrogens with zero attached hydrogens (tertiary/aromatic N) is 1. The number of aryl methyl sites for hydroxylation is 1. The fourth-order valence-corrected chi connectivity index (χ4v) is 3.68. The zero-order valence-electron chi connectivity index (χ0n) is 17.3. The summed E-state index contributed by atoms with van der Waals surface area (Å²) in [6.45, 7) is 8.06. The molecule has 4 nitrogen and oxygen atoms in total. The molecule has 0 aliphatic carbocycles. The summed E-state index contributed by atoms with van der Waals surface area (Å²) in [7, 11) is 0. The van der Waals surface area contributed by atoms with Crippen LogP contribution in [-0.2, 0) is 22.6 Å². The molecule has 0 spiro atoms. The van der Waals surface area contributed by atoms with Gasteiger partial charge in [0.1, 0.15) is 6.04 Å². The topological polar surface area (TPSA) is 49.4 Å². The van der Waals surface area contributed by atoms with E-state index < -0.39 is 6.04 Å². The molecular weight excluding hydrogens is 407 g/mol. The molecule has 2 rings (SSSR count). The molecular formula is C23H28Cl2N2O2. The first kappa shape index (κ1) is 23.2. The molecule has 0 fully saturated rings. The third-order valence-corrected chi connectivity index (χ3v) is 5.39. The highest BCUT2D eigenvalue weighted by molar-refractivity contribution is 6.36. The van der Waals surface area contributed by atoms with Gasteiger partial charge >= 0.3 is 0 Å². The lowest BCUT2D eigenvalue weighted by Crippen LogP contribution is -2.50. The minimum Gasteiger partial charge on any atom is -0.352 e. The van der Waals surface area contributed by atoms with Crippen molar-refractivity contribution in [2.24, 2.45) is 0 Å². The smallest absolute Gasteiger partial charge is 0.243 e. The van der Waals surface area contributed by atoms with E-state index in [0.29, 0.717) is 28.6 Å². The number of amides is 2. The average molecular weight is 435 g/mol. The summed E-state index contributed by atoms with van der Waals surface area (Å²) in [5.74, 6) is -0.348. The number of hydrogen-bond donors (Lipinski definition) is 1. The maximum Gasteiger partial charge on any atom is 0.243 e. The van der Waals surface area contributed by atoms with Crippen LogP contribution in [0.25, 0.3) is 0 Å². The van der Waals surface area contributed by atoms with Crippen LogP contribution in [0.15, 0.2) is 42.5 Å². The largest absolute Gasteiger partial charge is 0.352 e. The molecule has 0 saturated carbocycles. The molecule has 2 aromatic rings. The first-order valence-electron chi connectivity index (χ1n) is 9.81. The summed E-state index contributed by atoms with van der Waals surface area (Å²) in [5.41, 5.74) is 2.68. The third kappa shape index (κ3) is 6.48. The highest BCUT2D eigenvalue weighted by Crippen LogP contribution is 2.26. The van der Waals surface area contributed by atoms with Crippen LogP contribution in [0.5, 0.6) is 0 Å². The Morgan fingerprint density at radius 2 is 1.62 bits per heavy atom. The van der Waals surface area contributed by atoms with E-state index in [1.807, 2.05) is 52.0 Å². The molecule has 0 radical (unpaired) electrons. The molecule has 0 aromatic heterocycles. The summed E-state index contributed by atoms with van der Waals surface area (Å²) in [4.78, 5) is 27.7. The lowest BCUT2D eigenvalue weighted by molar-refractivity contribution is -0.141. The van der Waals surface area contributed by atoms with Crippen molar-refractivity contribution in [2.75, 3.05) is 0 Å². The summed E-state index contributed by atoms with van der Waals surface area (Å²) in [6, 6.07) is 12.5. The van der Waals surface area contributed by atoms with Gasteiger partial charge in [0.2, 0.25) is 11.8 Å². The molecule has 156 valence electrons. The summed E-state index contributed by atoms with van der Waals surface area (Å²) in [5, 5.41) is 3.82. The quantitative estimate of drug-likeness (QED) is 0.622. The first-order chi connectivity index (χ1) is 13.7. The fourth-order valence-electron chi connectivity index (χ4n) is 3.14. The molecule has 2 aromatic carbocycles. The number of nitrogens with one attached hydrogen (secondary N) is 1. The Bertz CT molecular complexity index is 830. The zero-order valence-corrected chi connectivity index (χ0v) is 18.8. The van der Waals surface area contributed by atoms with E-state index >= 15 is 0 Å². The van der Waals surface area contributed by atoms with Gasteiger partial charge in [-0.15, -0.1) is 0 Å². The van der Waals surface area contributed by atoms with E-state index in [1.165, 1.54) is 0 Å². The molecule has 0 aliphatic rings. The Morgan fingerprint density at radius 3 is 2.14 bits per heavy atom. The van der Waals surface area contributed by atoms with Crippen molar-refractivity contribution in [3.8, 4) is 0 Å². The molecule has 1 atom stereocenters. The van der Waals surface area contributed by atoms with Gasteiger partial charge in [-0.1, -0.05) is 66.0 Å². The number of rotatable bonds is 8. The second kappa shape index (κ2) is 10.7. The van der Waals surface area contributed by atoms with E-state index in [-0.39, 0.29) is 24.3 Å². The second-order valence-corrected chi connectivity index (χ2v) is 8.29. The van der Waals surface area contributed by atoms with Gasteiger partial charge in [0.25, 0.3) is 0 Å². The molecule has 1 N–H and O–H groups in total. The van der Waals surface area contributed by atoms with Gasteiger partial charge in [0.15, 0.2) is 0 Å². The van der Waals surface area contributed by atoms with Gasteiger partial charge in [-0.3, -0.25) is 9.59 Å². The Hall–Kier alpha value is -2.04. The van der Waals surface area contributed by atoms with Gasteiger partial charge in [-0.2, -0.15) is 0 Å². The number of halogens is 2. The van der Waals surface area contributed by atoms with Crippen molar-refractivity contribution in [2.45, 2.75) is 59.2 Å². The van der Waals surface area contributed by atoms with Crippen molar-refractivity contribution in [1.29, 1.82) is 0 Å². The first-order valence-corrected chi connectivity index (χ1v) is 10.6. The molecule has 0 bridgehead atoms. The van der Waals surface area contributed by atoms with Crippen LogP contribution in [0.1, 0.15) is 43.9 Å². The van der Waals surface area contributed by atoms with Crippen LogP contribution < -0.4 is 5.32 Å².